The van der Waals surface area contributed by atoms with Crippen LogP contribution in [0.2, 0.25) is 0 Å². The smallest absolute Gasteiger partial charge is 0.399 e. The second-order valence-electron chi connectivity index (χ2n) is 8.14. The molecule has 1 aliphatic heterocycles. The molecule has 1 aromatic carbocycles. The van der Waals surface area contributed by atoms with E-state index < -0.39 is 45.0 Å². The van der Waals surface area contributed by atoms with Gasteiger partial charge >= 0.3 is 13.3 Å². The fourth-order valence-corrected chi connectivity index (χ4v) is 4.08. The molecule has 0 atom stereocenters. The SMILES string of the molecule is CC1(C)OB(c2ccc(S(=O)(=O)NCC3CC3)c(C(F)(F)F)c2)OC1(C)C. The third-order valence-corrected chi connectivity index (χ3v) is 6.86. The molecule has 1 saturated carbocycles. The van der Waals surface area contributed by atoms with Gasteiger partial charge in [-0.25, -0.2) is 13.1 Å². The summed E-state index contributed by atoms with van der Waals surface area (Å²) in [5.74, 6) is 0.207. The highest BCUT2D eigenvalue weighted by Gasteiger charge is 2.52. The topological polar surface area (TPSA) is 64.6 Å². The molecule has 3 rings (SSSR count). The number of nitrogens with one attached hydrogen (secondary N) is 1. The Morgan fingerprint density at radius 1 is 1.15 bits per heavy atom. The molecule has 0 amide bonds. The number of benzene rings is 1. The Bertz CT molecular complexity index is 819. The Kier molecular flexibility index (Phi) is 4.94. The number of sulfonamides is 1. The van der Waals surface area contributed by atoms with Crippen LogP contribution < -0.4 is 10.2 Å². The van der Waals surface area contributed by atoms with Gasteiger partial charge in [-0.3, -0.25) is 0 Å². The van der Waals surface area contributed by atoms with Crippen LogP contribution in [0.3, 0.4) is 0 Å². The second kappa shape index (κ2) is 6.47. The summed E-state index contributed by atoms with van der Waals surface area (Å²) < 4.78 is 79.4. The Morgan fingerprint density at radius 2 is 1.70 bits per heavy atom. The van der Waals surface area contributed by atoms with Gasteiger partial charge in [0.25, 0.3) is 0 Å². The zero-order valence-corrected chi connectivity index (χ0v) is 16.5. The summed E-state index contributed by atoms with van der Waals surface area (Å²) in [5, 5.41) is 0. The zero-order valence-electron chi connectivity index (χ0n) is 15.7. The maximum atomic E-state index is 13.6. The average Bonchev–Trinajstić information content (AvgIpc) is 3.31. The van der Waals surface area contributed by atoms with Crippen molar-refractivity contribution < 1.29 is 30.9 Å². The quantitative estimate of drug-likeness (QED) is 0.766. The van der Waals surface area contributed by atoms with Crippen LogP contribution in [0.15, 0.2) is 23.1 Å². The van der Waals surface area contributed by atoms with Crippen LogP contribution in [0.4, 0.5) is 13.2 Å². The van der Waals surface area contributed by atoms with Gasteiger partial charge in [-0.1, -0.05) is 6.07 Å². The monoisotopic (exact) mass is 405 g/mol. The lowest BCUT2D eigenvalue weighted by Gasteiger charge is -2.32. The highest BCUT2D eigenvalue weighted by atomic mass is 32.2. The largest absolute Gasteiger partial charge is 0.494 e. The van der Waals surface area contributed by atoms with Crippen LogP contribution >= 0.6 is 0 Å². The molecule has 2 fully saturated rings. The van der Waals surface area contributed by atoms with E-state index in [9.17, 15) is 21.6 Å². The van der Waals surface area contributed by atoms with Gasteiger partial charge in [0.15, 0.2) is 0 Å². The number of alkyl halides is 3. The zero-order chi connectivity index (χ0) is 20.3. The minimum absolute atomic E-state index is 0.127. The van der Waals surface area contributed by atoms with Crippen LogP contribution in [0, 0.1) is 5.92 Å². The lowest BCUT2D eigenvalue weighted by Crippen LogP contribution is -2.41. The van der Waals surface area contributed by atoms with E-state index in [0.717, 1.165) is 25.0 Å². The summed E-state index contributed by atoms with van der Waals surface area (Å²) >= 11 is 0. The van der Waals surface area contributed by atoms with Crippen molar-refractivity contribution in [2.24, 2.45) is 5.92 Å². The normalized spacial score (nSPS) is 22.3. The Labute approximate surface area is 157 Å². The van der Waals surface area contributed by atoms with Crippen molar-refractivity contribution in [2.75, 3.05) is 6.54 Å². The van der Waals surface area contributed by atoms with E-state index in [-0.39, 0.29) is 17.9 Å². The molecule has 1 heterocycles. The Morgan fingerprint density at radius 3 is 2.19 bits per heavy atom. The summed E-state index contributed by atoms with van der Waals surface area (Å²) in [7, 11) is -5.27. The molecule has 0 unspecified atom stereocenters. The number of hydrogen-bond donors (Lipinski definition) is 1. The van der Waals surface area contributed by atoms with E-state index in [1.165, 1.54) is 6.07 Å². The summed E-state index contributed by atoms with van der Waals surface area (Å²) in [5.41, 5.74) is -2.53. The molecule has 0 aromatic heterocycles. The van der Waals surface area contributed by atoms with Crippen LogP contribution in [0.25, 0.3) is 0 Å². The molecule has 10 heteroatoms. The summed E-state index contributed by atoms with van der Waals surface area (Å²) in [6, 6.07) is 3.08. The molecule has 2 aliphatic rings. The molecule has 27 heavy (non-hydrogen) atoms. The minimum atomic E-state index is -4.83. The molecule has 0 spiro atoms. The average molecular weight is 405 g/mol. The van der Waals surface area contributed by atoms with Crippen molar-refractivity contribution in [1.29, 1.82) is 0 Å². The van der Waals surface area contributed by atoms with Crippen LogP contribution in [-0.4, -0.2) is 33.3 Å². The Balaban J connectivity index is 1.96. The summed E-state index contributed by atoms with van der Waals surface area (Å²) in [6.45, 7) is 7.31. The van der Waals surface area contributed by atoms with Crippen molar-refractivity contribution in [3.05, 3.63) is 23.8 Å². The first-order valence-electron chi connectivity index (χ1n) is 8.79. The van der Waals surface area contributed by atoms with Gasteiger partial charge < -0.3 is 9.31 Å². The predicted molar refractivity (Wildman–Crippen MR) is 95.1 cm³/mol. The fourth-order valence-electron chi connectivity index (χ4n) is 2.76. The predicted octanol–water partition coefficient (Wildman–Crippen LogP) is 2.69. The molecular formula is C17H23BF3NO4S. The second-order valence-corrected chi connectivity index (χ2v) is 9.87. The molecule has 0 bridgehead atoms. The third kappa shape index (κ3) is 4.18. The molecule has 0 radical (unpaired) electrons. The first-order chi connectivity index (χ1) is 12.2. The van der Waals surface area contributed by atoms with Gasteiger partial charge in [0.05, 0.1) is 21.7 Å². The van der Waals surface area contributed by atoms with Crippen LogP contribution in [-0.2, 0) is 25.5 Å². The molecule has 1 aliphatic carbocycles. The third-order valence-electron chi connectivity index (χ3n) is 5.38. The molecule has 150 valence electrons. The Hall–Kier alpha value is -1.10. The van der Waals surface area contributed by atoms with Gasteiger partial charge in [-0.15, -0.1) is 0 Å². The molecule has 1 aromatic rings. The van der Waals surface area contributed by atoms with Crippen molar-refractivity contribution in [3.8, 4) is 0 Å². The highest BCUT2D eigenvalue weighted by molar-refractivity contribution is 7.89. The van der Waals surface area contributed by atoms with E-state index >= 15 is 0 Å². The summed E-state index contributed by atoms with van der Waals surface area (Å²) in [6.07, 6.45) is -3.06. The first-order valence-corrected chi connectivity index (χ1v) is 10.3. The van der Waals surface area contributed by atoms with Crippen LogP contribution in [0.1, 0.15) is 46.1 Å². The van der Waals surface area contributed by atoms with Gasteiger partial charge in [0.1, 0.15) is 0 Å². The lowest BCUT2D eigenvalue weighted by atomic mass is 9.78. The van der Waals surface area contributed by atoms with Gasteiger partial charge in [-0.2, -0.15) is 13.2 Å². The number of hydrogen-bond acceptors (Lipinski definition) is 4. The number of rotatable bonds is 5. The van der Waals surface area contributed by atoms with Gasteiger partial charge in [0.2, 0.25) is 10.0 Å². The fraction of sp³-hybridized carbons (Fsp3) is 0.647. The highest BCUT2D eigenvalue weighted by Crippen LogP contribution is 2.38. The maximum Gasteiger partial charge on any atom is 0.494 e. The van der Waals surface area contributed by atoms with Crippen molar-refractivity contribution in [2.45, 2.75) is 62.8 Å². The molecule has 1 saturated heterocycles. The van der Waals surface area contributed by atoms with Crippen molar-refractivity contribution >= 4 is 22.6 Å². The van der Waals surface area contributed by atoms with E-state index in [0.29, 0.717) is 0 Å². The van der Waals surface area contributed by atoms with E-state index in [1.54, 1.807) is 27.7 Å². The standard InChI is InChI=1S/C17H23BF3NO4S/c1-15(2)16(3,4)26-18(25-15)12-7-8-14(13(9-12)17(19,20)21)27(23,24)22-10-11-5-6-11/h7-9,11,22H,5-6,10H2,1-4H3. The first kappa shape index (κ1) is 20.6. The number of halogens is 3. The van der Waals surface area contributed by atoms with Crippen molar-refractivity contribution in [1.82, 2.24) is 4.72 Å². The minimum Gasteiger partial charge on any atom is -0.399 e. The molecule has 1 N–H and O–H groups in total. The van der Waals surface area contributed by atoms with Gasteiger partial charge in [0, 0.05) is 6.54 Å². The summed E-state index contributed by atoms with van der Waals surface area (Å²) in [4.78, 5) is -0.782. The molecule has 5 nitrogen and oxygen atoms in total. The lowest BCUT2D eigenvalue weighted by molar-refractivity contribution is -0.139. The van der Waals surface area contributed by atoms with Crippen molar-refractivity contribution in [3.63, 3.8) is 0 Å². The van der Waals surface area contributed by atoms with E-state index in [2.05, 4.69) is 4.72 Å². The van der Waals surface area contributed by atoms with Crippen LogP contribution in [0.5, 0.6) is 0 Å². The molecular weight excluding hydrogens is 382 g/mol. The van der Waals surface area contributed by atoms with E-state index in [4.69, 9.17) is 9.31 Å². The maximum absolute atomic E-state index is 13.6. The van der Waals surface area contributed by atoms with E-state index in [1.807, 2.05) is 0 Å². The van der Waals surface area contributed by atoms with Gasteiger partial charge in [-0.05, 0) is 64.1 Å².